The van der Waals surface area contributed by atoms with Crippen molar-refractivity contribution in [3.63, 3.8) is 0 Å². The molecule has 0 bridgehead atoms. The second-order valence-electron chi connectivity index (χ2n) is 10.4. The van der Waals surface area contributed by atoms with Crippen molar-refractivity contribution in [2.24, 2.45) is 5.92 Å². The third kappa shape index (κ3) is 6.66. The van der Waals surface area contributed by atoms with Crippen LogP contribution in [0.5, 0.6) is 23.0 Å². The van der Waals surface area contributed by atoms with Gasteiger partial charge in [0, 0.05) is 32.2 Å². The van der Waals surface area contributed by atoms with E-state index in [1.165, 1.54) is 12.1 Å². The first-order valence-electron chi connectivity index (χ1n) is 13.3. The Morgan fingerprint density at radius 1 is 1.00 bits per heavy atom. The van der Waals surface area contributed by atoms with Crippen LogP contribution in [0.3, 0.4) is 0 Å². The normalized spacial score (nSPS) is 27.4. The van der Waals surface area contributed by atoms with E-state index in [2.05, 4.69) is 0 Å². The molecule has 12 heteroatoms. The van der Waals surface area contributed by atoms with Crippen LogP contribution in [0.25, 0.3) is 0 Å². The third-order valence-electron chi connectivity index (χ3n) is 7.54. The Morgan fingerprint density at radius 2 is 1.73 bits per heavy atom. The van der Waals surface area contributed by atoms with E-state index < -0.39 is 48.8 Å². The number of ketones is 1. The minimum absolute atomic E-state index is 0.0152. The molecular formula is C28H37NO11. The molecule has 8 N–H and O–H groups in total. The number of hydrogen-bond donors (Lipinski definition) is 8. The summed E-state index contributed by atoms with van der Waals surface area (Å²) in [5, 5.41) is 81.4. The molecule has 220 valence electrons. The van der Waals surface area contributed by atoms with Gasteiger partial charge < -0.3 is 50.3 Å². The quantitative estimate of drug-likeness (QED) is 0.180. The lowest BCUT2D eigenvalue weighted by molar-refractivity contribution is -0.277. The number of Topliss-reactive ketones (excluding diaryl/α,β-unsaturated/α-hetero) is 1. The Morgan fingerprint density at radius 3 is 2.40 bits per heavy atom. The highest BCUT2D eigenvalue weighted by atomic mass is 16.7. The molecule has 2 aromatic rings. The predicted octanol–water partition coefficient (Wildman–Crippen LogP) is 0.00190. The van der Waals surface area contributed by atoms with E-state index in [-0.39, 0.29) is 60.3 Å². The molecule has 2 saturated heterocycles. The van der Waals surface area contributed by atoms with Gasteiger partial charge in [0.1, 0.15) is 53.0 Å². The van der Waals surface area contributed by atoms with E-state index in [0.29, 0.717) is 13.1 Å². The Bertz CT molecular complexity index is 1160. The van der Waals surface area contributed by atoms with Gasteiger partial charge in [0.15, 0.2) is 5.78 Å². The average molecular weight is 564 g/mol. The molecule has 6 atom stereocenters. The number of aliphatic hydroxyl groups is 5. The summed E-state index contributed by atoms with van der Waals surface area (Å²) in [5.74, 6) is -1.62. The standard InChI is InChI=1S/C28H37NO11/c30-13-16-2-1-9-29(11-16)12-18-20(34)10-21(39-28-27(38)26(37)25(36)22(14-31)40-28)23(24(18)35)19(33)8-5-15-3-6-17(32)7-4-15/h3-4,6-7,10,16,22,25-28,30-32,34-38H,1-2,5,8-9,11-14H2/t16-,22-,25-,26+,27-,28-/m1/s1. The Labute approximate surface area is 231 Å². The van der Waals surface area contributed by atoms with Crippen molar-refractivity contribution in [2.45, 2.75) is 62.9 Å². The van der Waals surface area contributed by atoms with Gasteiger partial charge in [-0.15, -0.1) is 0 Å². The maximum absolute atomic E-state index is 13.5. The largest absolute Gasteiger partial charge is 0.508 e. The number of phenolic OH excluding ortho intramolecular Hbond substituents is 3. The lowest BCUT2D eigenvalue weighted by Crippen LogP contribution is -2.60. The molecule has 0 amide bonds. The summed E-state index contributed by atoms with van der Waals surface area (Å²) in [7, 11) is 0. The van der Waals surface area contributed by atoms with Crippen molar-refractivity contribution in [2.75, 3.05) is 26.3 Å². The smallest absolute Gasteiger partial charge is 0.229 e. The summed E-state index contributed by atoms with van der Waals surface area (Å²) < 4.78 is 11.1. The van der Waals surface area contributed by atoms with E-state index in [1.807, 2.05) is 4.90 Å². The Balaban J connectivity index is 1.65. The van der Waals surface area contributed by atoms with Crippen LogP contribution in [0.1, 0.15) is 40.7 Å². The molecule has 0 radical (unpaired) electrons. The number of likely N-dealkylation sites (tertiary alicyclic amines) is 1. The van der Waals surface area contributed by atoms with Gasteiger partial charge in [-0.05, 0) is 49.4 Å². The number of carbonyl (C=O) groups excluding carboxylic acids is 1. The number of aryl methyl sites for hydroxylation is 1. The molecule has 2 aliphatic rings. The minimum atomic E-state index is -1.77. The van der Waals surface area contributed by atoms with E-state index >= 15 is 0 Å². The van der Waals surface area contributed by atoms with Crippen LogP contribution in [0.2, 0.25) is 0 Å². The van der Waals surface area contributed by atoms with Crippen LogP contribution in [0.4, 0.5) is 0 Å². The highest BCUT2D eigenvalue weighted by molar-refractivity contribution is 6.02. The van der Waals surface area contributed by atoms with Gasteiger partial charge in [0.05, 0.1) is 12.2 Å². The van der Waals surface area contributed by atoms with Gasteiger partial charge in [-0.1, -0.05) is 12.1 Å². The topological polar surface area (TPSA) is 201 Å². The number of nitrogens with zero attached hydrogens (tertiary/aromatic N) is 1. The molecule has 12 nitrogen and oxygen atoms in total. The monoisotopic (exact) mass is 563 g/mol. The average Bonchev–Trinajstić information content (AvgIpc) is 2.95. The first kappa shape index (κ1) is 30.0. The van der Waals surface area contributed by atoms with Crippen LogP contribution in [0.15, 0.2) is 30.3 Å². The lowest BCUT2D eigenvalue weighted by atomic mass is 9.95. The number of aromatic hydroxyl groups is 3. The summed E-state index contributed by atoms with van der Waals surface area (Å²) in [4.78, 5) is 15.5. The number of benzene rings is 2. The molecule has 2 fully saturated rings. The number of rotatable bonds is 10. The molecule has 0 aliphatic carbocycles. The summed E-state index contributed by atoms with van der Waals surface area (Å²) in [6, 6.07) is 7.41. The summed E-state index contributed by atoms with van der Waals surface area (Å²) >= 11 is 0. The fourth-order valence-corrected chi connectivity index (χ4v) is 5.19. The van der Waals surface area contributed by atoms with Crippen LogP contribution in [0, 0.1) is 5.92 Å². The van der Waals surface area contributed by atoms with Crippen LogP contribution >= 0.6 is 0 Å². The van der Waals surface area contributed by atoms with Gasteiger partial charge in [0.25, 0.3) is 0 Å². The number of aliphatic hydroxyl groups excluding tert-OH is 5. The first-order chi connectivity index (χ1) is 19.1. The van der Waals surface area contributed by atoms with E-state index in [0.717, 1.165) is 24.5 Å². The summed E-state index contributed by atoms with van der Waals surface area (Å²) in [6.45, 7) is 0.642. The lowest BCUT2D eigenvalue weighted by Gasteiger charge is -2.39. The van der Waals surface area contributed by atoms with Gasteiger partial charge in [-0.25, -0.2) is 0 Å². The fourth-order valence-electron chi connectivity index (χ4n) is 5.19. The third-order valence-corrected chi connectivity index (χ3v) is 7.54. The number of hydrogen-bond acceptors (Lipinski definition) is 12. The SMILES string of the molecule is O=C(CCc1ccc(O)cc1)c1c(O[C@@H]2O[C@H](CO)[C@@H](O)[C@H](O)[C@H]2O)cc(O)c(CN2CCC[C@@H](CO)C2)c1O. The van der Waals surface area contributed by atoms with Crippen molar-refractivity contribution >= 4 is 5.78 Å². The molecule has 0 saturated carbocycles. The zero-order valence-corrected chi connectivity index (χ0v) is 22.0. The molecule has 40 heavy (non-hydrogen) atoms. The molecular weight excluding hydrogens is 526 g/mol. The Kier molecular flexibility index (Phi) is 9.85. The molecule has 2 aliphatic heterocycles. The molecule has 4 rings (SSSR count). The number of carbonyl (C=O) groups is 1. The number of piperidine rings is 1. The summed E-state index contributed by atoms with van der Waals surface area (Å²) in [6.07, 6.45) is -6.17. The maximum atomic E-state index is 13.5. The zero-order chi connectivity index (χ0) is 29.0. The minimum Gasteiger partial charge on any atom is -0.508 e. The number of ether oxygens (including phenoxy) is 2. The molecule has 0 unspecified atom stereocenters. The van der Waals surface area contributed by atoms with Crippen molar-refractivity contribution in [3.8, 4) is 23.0 Å². The van der Waals surface area contributed by atoms with Crippen LogP contribution in [-0.2, 0) is 17.7 Å². The van der Waals surface area contributed by atoms with Gasteiger partial charge >= 0.3 is 0 Å². The molecule has 0 spiro atoms. The number of phenols is 3. The van der Waals surface area contributed by atoms with Crippen molar-refractivity contribution in [3.05, 3.63) is 47.0 Å². The van der Waals surface area contributed by atoms with Gasteiger partial charge in [-0.3, -0.25) is 9.69 Å². The van der Waals surface area contributed by atoms with Gasteiger partial charge in [-0.2, -0.15) is 0 Å². The van der Waals surface area contributed by atoms with E-state index in [9.17, 15) is 45.6 Å². The van der Waals surface area contributed by atoms with Crippen molar-refractivity contribution < 1.29 is 55.1 Å². The summed E-state index contributed by atoms with van der Waals surface area (Å²) in [5.41, 5.74) is 0.580. The molecule has 2 aromatic carbocycles. The Hall–Kier alpha value is -2.97. The highest BCUT2D eigenvalue weighted by Gasteiger charge is 2.45. The second kappa shape index (κ2) is 13.1. The van der Waals surface area contributed by atoms with Crippen LogP contribution in [-0.4, -0.2) is 109 Å². The molecule has 2 heterocycles. The second-order valence-corrected chi connectivity index (χ2v) is 10.4. The fraction of sp³-hybridized carbons (Fsp3) is 0.536. The molecule has 0 aromatic heterocycles. The van der Waals surface area contributed by atoms with Crippen molar-refractivity contribution in [1.82, 2.24) is 4.90 Å². The van der Waals surface area contributed by atoms with Crippen LogP contribution < -0.4 is 4.74 Å². The predicted molar refractivity (Wildman–Crippen MR) is 140 cm³/mol. The highest BCUT2D eigenvalue weighted by Crippen LogP contribution is 2.41. The maximum Gasteiger partial charge on any atom is 0.229 e. The first-order valence-corrected chi connectivity index (χ1v) is 13.3. The van der Waals surface area contributed by atoms with E-state index in [4.69, 9.17) is 9.47 Å². The van der Waals surface area contributed by atoms with Crippen molar-refractivity contribution in [1.29, 1.82) is 0 Å². The van der Waals surface area contributed by atoms with E-state index in [1.54, 1.807) is 12.1 Å². The van der Waals surface area contributed by atoms with Gasteiger partial charge in [0.2, 0.25) is 6.29 Å². The zero-order valence-electron chi connectivity index (χ0n) is 22.0.